The first-order valence-corrected chi connectivity index (χ1v) is 7.89. The molecule has 0 aliphatic heterocycles. The number of hydrogen-bond acceptors (Lipinski definition) is 4. The molecule has 14 heavy (non-hydrogen) atoms. The van der Waals surface area contributed by atoms with Crippen molar-refractivity contribution in [1.82, 2.24) is 5.32 Å². The summed E-state index contributed by atoms with van der Waals surface area (Å²) in [5, 5.41) is 3.09. The molecule has 0 amide bonds. The minimum Gasteiger partial charge on any atom is -0.395 e. The van der Waals surface area contributed by atoms with Crippen LogP contribution < -0.4 is 11.1 Å². The molecule has 0 unspecified atom stereocenters. The van der Waals surface area contributed by atoms with Gasteiger partial charge in [-0.25, -0.2) is 0 Å². The molecule has 4 nitrogen and oxygen atoms in total. The molecule has 0 aromatic carbocycles. The van der Waals surface area contributed by atoms with Crippen LogP contribution in [0.15, 0.2) is 0 Å². The van der Waals surface area contributed by atoms with Crippen LogP contribution in [0.5, 0.6) is 0 Å². The van der Waals surface area contributed by atoms with E-state index in [1.807, 2.05) is 13.8 Å². The zero-order chi connectivity index (χ0) is 10.9. The van der Waals surface area contributed by atoms with Crippen LogP contribution in [0, 0.1) is 0 Å². The van der Waals surface area contributed by atoms with Gasteiger partial charge in [-0.05, 0) is 39.4 Å². The summed E-state index contributed by atoms with van der Waals surface area (Å²) in [5.41, 5.74) is 5.33. The highest BCUT2D eigenvalue weighted by molar-refractivity contribution is 6.66. The maximum atomic E-state index is 5.71. The molecule has 0 heterocycles. The van der Waals surface area contributed by atoms with Gasteiger partial charge in [0.2, 0.25) is 0 Å². The normalized spacial score (nSPS) is 12.0. The Hall–Kier alpha value is 0.0569. The highest BCUT2D eigenvalue weighted by Crippen LogP contribution is 2.15. The summed E-state index contributed by atoms with van der Waals surface area (Å²) in [5.74, 6) is 0. The van der Waals surface area contributed by atoms with E-state index in [2.05, 4.69) is 11.9 Å². The van der Waals surface area contributed by atoms with Crippen LogP contribution in [-0.4, -0.2) is 35.0 Å². The smallest absolute Gasteiger partial charge is 0.334 e. The van der Waals surface area contributed by atoms with E-state index < -0.39 is 8.56 Å². The van der Waals surface area contributed by atoms with Gasteiger partial charge in [0.25, 0.3) is 0 Å². The molecule has 0 spiro atoms. The second-order valence-electron chi connectivity index (χ2n) is 3.31. The molecule has 0 radical (unpaired) electrons. The van der Waals surface area contributed by atoms with Crippen molar-refractivity contribution in [2.45, 2.75) is 32.9 Å². The first-order chi connectivity index (χ1) is 6.68. The van der Waals surface area contributed by atoms with Gasteiger partial charge in [-0.15, -0.1) is 0 Å². The largest absolute Gasteiger partial charge is 0.395 e. The summed E-state index contributed by atoms with van der Waals surface area (Å²) in [7, 11) is -1.88. The lowest BCUT2D eigenvalue weighted by molar-refractivity contribution is 0.188. The third-order valence-corrected chi connectivity index (χ3v) is 5.09. The van der Waals surface area contributed by atoms with Crippen molar-refractivity contribution in [3.8, 4) is 0 Å². The highest BCUT2D eigenvalue weighted by atomic mass is 28.4. The summed E-state index contributed by atoms with van der Waals surface area (Å²) in [6.45, 7) is 9.13. The fourth-order valence-electron chi connectivity index (χ4n) is 1.43. The molecule has 3 N–H and O–H groups in total. The summed E-state index contributed by atoms with van der Waals surface area (Å²) in [6.07, 6.45) is 1.07. The molecule has 0 aliphatic carbocycles. The van der Waals surface area contributed by atoms with E-state index in [1.165, 1.54) is 0 Å². The average Bonchev–Trinajstić information content (AvgIpc) is 2.13. The van der Waals surface area contributed by atoms with Crippen molar-refractivity contribution < 1.29 is 8.85 Å². The van der Waals surface area contributed by atoms with Gasteiger partial charge in [0.15, 0.2) is 0 Å². The zero-order valence-electron chi connectivity index (χ0n) is 9.64. The molecule has 86 valence electrons. The summed E-state index contributed by atoms with van der Waals surface area (Å²) in [6, 6.07) is 1.03. The first-order valence-electron chi connectivity index (χ1n) is 5.37. The lowest BCUT2D eigenvalue weighted by atomic mass is 10.5. The zero-order valence-corrected chi connectivity index (χ0v) is 10.6. The monoisotopic (exact) mass is 220 g/mol. The van der Waals surface area contributed by atoms with Gasteiger partial charge in [-0.2, -0.15) is 0 Å². The van der Waals surface area contributed by atoms with E-state index in [0.717, 1.165) is 32.2 Å². The maximum absolute atomic E-state index is 5.71. The Balaban J connectivity index is 3.71. The lowest BCUT2D eigenvalue weighted by Crippen LogP contribution is -2.39. The second-order valence-corrected chi connectivity index (χ2v) is 6.65. The standard InChI is InChI=1S/C9H24N2O2Si/c1-4-12-14(3,13-5-2)8-6-7-11-9-10/h11H,4-10H2,1-3H3. The molecular formula is C9H24N2O2Si. The van der Waals surface area contributed by atoms with Crippen molar-refractivity contribution in [1.29, 1.82) is 0 Å². The molecule has 0 aromatic rings. The lowest BCUT2D eigenvalue weighted by Gasteiger charge is -2.25. The summed E-state index contributed by atoms with van der Waals surface area (Å²) in [4.78, 5) is 0. The Morgan fingerprint density at radius 2 is 1.79 bits per heavy atom. The first kappa shape index (κ1) is 14.1. The van der Waals surface area contributed by atoms with Crippen LogP contribution in [0.2, 0.25) is 12.6 Å². The number of nitrogens with two attached hydrogens (primary N) is 1. The highest BCUT2D eigenvalue weighted by Gasteiger charge is 2.29. The van der Waals surface area contributed by atoms with Crippen LogP contribution in [-0.2, 0) is 8.85 Å². The van der Waals surface area contributed by atoms with Gasteiger partial charge >= 0.3 is 8.56 Å². The van der Waals surface area contributed by atoms with Crippen LogP contribution in [0.4, 0.5) is 0 Å². The number of rotatable bonds is 9. The SMILES string of the molecule is CCO[Si](C)(CCCNCN)OCC. The molecule has 5 heteroatoms. The topological polar surface area (TPSA) is 56.5 Å². The van der Waals surface area contributed by atoms with E-state index in [0.29, 0.717) is 6.67 Å². The van der Waals surface area contributed by atoms with Crippen molar-refractivity contribution >= 4 is 8.56 Å². The van der Waals surface area contributed by atoms with Crippen LogP contribution in [0.3, 0.4) is 0 Å². The predicted molar refractivity (Wildman–Crippen MR) is 61.4 cm³/mol. The number of hydrogen-bond donors (Lipinski definition) is 2. The Bertz CT molecular complexity index is 130. The molecule has 0 saturated carbocycles. The van der Waals surface area contributed by atoms with Gasteiger partial charge in [0.1, 0.15) is 0 Å². The molecule has 0 atom stereocenters. The molecule has 0 saturated heterocycles. The van der Waals surface area contributed by atoms with Crippen LogP contribution >= 0.6 is 0 Å². The Morgan fingerprint density at radius 3 is 2.21 bits per heavy atom. The average molecular weight is 220 g/mol. The molecule has 0 rings (SSSR count). The molecule has 0 bridgehead atoms. The molecule has 0 aromatic heterocycles. The second kappa shape index (κ2) is 8.37. The van der Waals surface area contributed by atoms with Crippen molar-refractivity contribution in [3.63, 3.8) is 0 Å². The van der Waals surface area contributed by atoms with Gasteiger partial charge in [-0.1, -0.05) is 0 Å². The quantitative estimate of drug-likeness (QED) is 0.346. The van der Waals surface area contributed by atoms with Crippen molar-refractivity contribution in [2.24, 2.45) is 5.73 Å². The van der Waals surface area contributed by atoms with Gasteiger partial charge in [-0.3, -0.25) is 0 Å². The minimum atomic E-state index is -1.88. The summed E-state index contributed by atoms with van der Waals surface area (Å²) >= 11 is 0. The third kappa shape index (κ3) is 6.50. The maximum Gasteiger partial charge on any atom is 0.334 e. The van der Waals surface area contributed by atoms with Crippen molar-refractivity contribution in [2.75, 3.05) is 26.4 Å². The minimum absolute atomic E-state index is 0.543. The van der Waals surface area contributed by atoms with Crippen LogP contribution in [0.25, 0.3) is 0 Å². The van der Waals surface area contributed by atoms with Gasteiger partial charge in [0.05, 0.1) is 0 Å². The number of nitrogens with one attached hydrogen (secondary N) is 1. The molecular weight excluding hydrogens is 196 g/mol. The van der Waals surface area contributed by atoms with Gasteiger partial charge in [0, 0.05) is 19.9 Å². The van der Waals surface area contributed by atoms with Crippen molar-refractivity contribution in [3.05, 3.63) is 0 Å². The predicted octanol–water partition coefficient (Wildman–Crippen LogP) is 1.03. The van der Waals surface area contributed by atoms with E-state index in [-0.39, 0.29) is 0 Å². The summed E-state index contributed by atoms with van der Waals surface area (Å²) < 4.78 is 11.4. The Morgan fingerprint density at radius 1 is 1.21 bits per heavy atom. The van der Waals surface area contributed by atoms with E-state index in [4.69, 9.17) is 14.6 Å². The van der Waals surface area contributed by atoms with E-state index in [9.17, 15) is 0 Å². The Labute approximate surface area is 88.4 Å². The fourth-order valence-corrected chi connectivity index (χ4v) is 3.85. The van der Waals surface area contributed by atoms with E-state index in [1.54, 1.807) is 0 Å². The van der Waals surface area contributed by atoms with Gasteiger partial charge < -0.3 is 19.9 Å². The van der Waals surface area contributed by atoms with E-state index >= 15 is 0 Å². The molecule has 0 fully saturated rings. The Kier molecular flexibility index (Phi) is 8.41. The third-order valence-electron chi connectivity index (χ3n) is 2.03. The van der Waals surface area contributed by atoms with Crippen LogP contribution in [0.1, 0.15) is 20.3 Å². The fraction of sp³-hybridized carbons (Fsp3) is 1.00. The molecule has 0 aliphatic rings.